The number of benzene rings is 1. The normalized spacial score (nSPS) is 16.8. The van der Waals surface area contributed by atoms with Gasteiger partial charge in [0, 0.05) is 37.3 Å². The Morgan fingerprint density at radius 1 is 1.20 bits per heavy atom. The Balaban J connectivity index is 2.13. The van der Waals surface area contributed by atoms with Crippen LogP contribution in [-0.4, -0.2) is 75.6 Å². The van der Waals surface area contributed by atoms with Crippen molar-refractivity contribution in [2.45, 2.75) is 23.8 Å². The van der Waals surface area contributed by atoms with Crippen molar-refractivity contribution >= 4 is 16.0 Å². The number of carboxylic acids is 1. The van der Waals surface area contributed by atoms with E-state index in [0.29, 0.717) is 37.4 Å². The van der Waals surface area contributed by atoms with Crippen LogP contribution in [0.3, 0.4) is 0 Å². The Labute approximate surface area is 148 Å². The number of hydrogen-bond donors (Lipinski definition) is 1. The van der Waals surface area contributed by atoms with Crippen LogP contribution in [-0.2, 0) is 14.8 Å². The Morgan fingerprint density at radius 3 is 2.16 bits per heavy atom. The molecular formula is C16H24N2O6S. The molecule has 1 fully saturated rings. The number of carboxylic acid groups (broad SMARTS) is 1. The number of ether oxygens (including phenoxy) is 2. The number of nitrogens with zero attached hydrogens (tertiary/aromatic N) is 2. The Morgan fingerprint density at radius 2 is 1.72 bits per heavy atom. The van der Waals surface area contributed by atoms with Crippen LogP contribution >= 0.6 is 0 Å². The maximum atomic E-state index is 12.9. The lowest BCUT2D eigenvalue weighted by atomic mass is 10.1. The van der Waals surface area contributed by atoms with Crippen molar-refractivity contribution in [1.29, 1.82) is 0 Å². The van der Waals surface area contributed by atoms with Gasteiger partial charge < -0.3 is 14.6 Å². The lowest BCUT2D eigenvalue weighted by Crippen LogP contribution is -2.46. The molecule has 1 N–H and O–H groups in total. The highest BCUT2D eigenvalue weighted by molar-refractivity contribution is 7.89. The lowest BCUT2D eigenvalue weighted by molar-refractivity contribution is -0.138. The molecule has 0 aliphatic carbocycles. The van der Waals surface area contributed by atoms with E-state index in [1.165, 1.54) is 30.7 Å². The highest BCUT2D eigenvalue weighted by Crippen LogP contribution is 2.29. The summed E-state index contributed by atoms with van der Waals surface area (Å²) in [6.45, 7) is 0.636. The van der Waals surface area contributed by atoms with Gasteiger partial charge in [-0.25, -0.2) is 8.42 Å². The molecule has 8 nitrogen and oxygen atoms in total. The fourth-order valence-corrected chi connectivity index (χ4v) is 4.46. The number of rotatable bonds is 7. The number of aliphatic carboxylic acids is 1. The van der Waals surface area contributed by atoms with Crippen LogP contribution in [0.15, 0.2) is 23.1 Å². The predicted octanol–water partition coefficient (Wildman–Crippen LogP) is 0.873. The van der Waals surface area contributed by atoms with Crippen LogP contribution in [0.4, 0.5) is 0 Å². The number of hydrogen-bond acceptors (Lipinski definition) is 6. The first-order valence-corrected chi connectivity index (χ1v) is 9.37. The van der Waals surface area contributed by atoms with Crippen molar-refractivity contribution in [3.8, 4) is 11.5 Å². The molecule has 0 saturated carbocycles. The van der Waals surface area contributed by atoms with Crippen LogP contribution in [0.1, 0.15) is 12.8 Å². The van der Waals surface area contributed by atoms with Gasteiger partial charge in [0.2, 0.25) is 10.0 Å². The maximum absolute atomic E-state index is 12.9. The minimum Gasteiger partial charge on any atom is -0.497 e. The zero-order chi connectivity index (χ0) is 18.6. The quantitative estimate of drug-likeness (QED) is 0.759. The molecule has 2 rings (SSSR count). The Bertz CT molecular complexity index is 691. The second-order valence-corrected chi connectivity index (χ2v) is 7.93. The van der Waals surface area contributed by atoms with Crippen molar-refractivity contribution in [2.75, 3.05) is 40.9 Å². The lowest BCUT2D eigenvalue weighted by Gasteiger charge is -2.35. The fraction of sp³-hybridized carbons (Fsp3) is 0.562. The summed E-state index contributed by atoms with van der Waals surface area (Å²) in [5.41, 5.74) is 0. The van der Waals surface area contributed by atoms with Crippen molar-refractivity contribution in [2.24, 2.45) is 0 Å². The third kappa shape index (κ3) is 4.62. The topological polar surface area (TPSA) is 96.4 Å². The molecule has 1 aliphatic heterocycles. The zero-order valence-corrected chi connectivity index (χ0v) is 15.5. The first-order valence-electron chi connectivity index (χ1n) is 7.93. The van der Waals surface area contributed by atoms with Crippen molar-refractivity contribution in [3.63, 3.8) is 0 Å². The van der Waals surface area contributed by atoms with Gasteiger partial charge >= 0.3 is 5.97 Å². The van der Waals surface area contributed by atoms with Gasteiger partial charge in [-0.1, -0.05) is 0 Å². The molecule has 0 radical (unpaired) electrons. The second kappa shape index (κ2) is 8.03. The van der Waals surface area contributed by atoms with E-state index in [2.05, 4.69) is 0 Å². The summed E-state index contributed by atoms with van der Waals surface area (Å²) in [5.74, 6) is -0.0657. The van der Waals surface area contributed by atoms with Crippen molar-refractivity contribution < 1.29 is 27.8 Å². The number of piperidine rings is 1. The first kappa shape index (κ1) is 19.5. The summed E-state index contributed by atoms with van der Waals surface area (Å²) in [6, 6.07) is 4.62. The van der Waals surface area contributed by atoms with E-state index in [1.807, 2.05) is 0 Å². The minimum atomic E-state index is -3.66. The summed E-state index contributed by atoms with van der Waals surface area (Å²) >= 11 is 0. The van der Waals surface area contributed by atoms with E-state index >= 15 is 0 Å². The van der Waals surface area contributed by atoms with E-state index in [4.69, 9.17) is 14.6 Å². The summed E-state index contributed by atoms with van der Waals surface area (Å²) in [7, 11) is 1.02. The van der Waals surface area contributed by atoms with E-state index in [0.717, 1.165) is 0 Å². The third-order valence-electron chi connectivity index (χ3n) is 4.39. The molecule has 1 aromatic rings. The largest absolute Gasteiger partial charge is 0.497 e. The summed E-state index contributed by atoms with van der Waals surface area (Å²) < 4.78 is 37.5. The molecule has 0 aromatic heterocycles. The van der Waals surface area contributed by atoms with E-state index < -0.39 is 16.0 Å². The van der Waals surface area contributed by atoms with E-state index in [-0.39, 0.29) is 17.5 Å². The summed E-state index contributed by atoms with van der Waals surface area (Å²) in [5, 5.41) is 8.87. The average molecular weight is 372 g/mol. The minimum absolute atomic E-state index is 0.0511. The monoisotopic (exact) mass is 372 g/mol. The smallest absolute Gasteiger partial charge is 0.317 e. The number of methoxy groups -OCH3 is 2. The van der Waals surface area contributed by atoms with Crippen LogP contribution < -0.4 is 9.47 Å². The standard InChI is InChI=1S/C16H24N2O6S/c1-17(11-16(19)20)12-4-6-18(7-5-12)25(21,22)15-9-13(23-2)8-14(10-15)24-3/h8-10,12H,4-7,11H2,1-3H3,(H,19,20). The summed E-state index contributed by atoms with van der Waals surface area (Å²) in [6.07, 6.45) is 1.17. The van der Waals surface area contributed by atoms with Gasteiger partial charge in [0.1, 0.15) is 11.5 Å². The van der Waals surface area contributed by atoms with Gasteiger partial charge in [-0.15, -0.1) is 0 Å². The van der Waals surface area contributed by atoms with Crippen molar-refractivity contribution in [3.05, 3.63) is 18.2 Å². The maximum Gasteiger partial charge on any atom is 0.317 e. The second-order valence-electron chi connectivity index (χ2n) is 5.99. The van der Waals surface area contributed by atoms with Gasteiger partial charge in [-0.3, -0.25) is 9.69 Å². The molecule has 9 heteroatoms. The van der Waals surface area contributed by atoms with Crippen LogP contribution in [0.5, 0.6) is 11.5 Å². The van der Waals surface area contributed by atoms with E-state index in [9.17, 15) is 13.2 Å². The molecule has 1 aromatic carbocycles. The van der Waals surface area contributed by atoms with Crippen LogP contribution in [0, 0.1) is 0 Å². The number of likely N-dealkylation sites (N-methyl/N-ethyl adjacent to an activating group) is 1. The molecule has 0 unspecified atom stereocenters. The van der Waals surface area contributed by atoms with E-state index in [1.54, 1.807) is 18.0 Å². The van der Waals surface area contributed by atoms with Gasteiger partial charge in [-0.05, 0) is 19.9 Å². The molecule has 25 heavy (non-hydrogen) atoms. The molecule has 140 valence electrons. The summed E-state index contributed by atoms with van der Waals surface area (Å²) in [4.78, 5) is 12.7. The zero-order valence-electron chi connectivity index (χ0n) is 14.6. The third-order valence-corrected chi connectivity index (χ3v) is 6.27. The molecule has 1 saturated heterocycles. The van der Waals surface area contributed by atoms with Crippen molar-refractivity contribution in [1.82, 2.24) is 9.21 Å². The van der Waals surface area contributed by atoms with Crippen LogP contribution in [0.2, 0.25) is 0 Å². The molecule has 1 heterocycles. The first-order chi connectivity index (χ1) is 11.8. The van der Waals surface area contributed by atoms with Crippen LogP contribution in [0.25, 0.3) is 0 Å². The number of carbonyl (C=O) groups is 1. The molecule has 0 atom stereocenters. The van der Waals surface area contributed by atoms with Gasteiger partial charge in [0.05, 0.1) is 25.7 Å². The number of sulfonamides is 1. The highest BCUT2D eigenvalue weighted by atomic mass is 32.2. The molecule has 0 spiro atoms. The fourth-order valence-electron chi connectivity index (χ4n) is 2.95. The predicted molar refractivity (Wildman–Crippen MR) is 91.6 cm³/mol. The molecule has 0 amide bonds. The molecule has 0 bridgehead atoms. The Hall–Kier alpha value is -1.84. The average Bonchev–Trinajstić information content (AvgIpc) is 2.60. The highest BCUT2D eigenvalue weighted by Gasteiger charge is 2.31. The van der Waals surface area contributed by atoms with Gasteiger partial charge in [0.25, 0.3) is 0 Å². The Kier molecular flexibility index (Phi) is 6.26. The SMILES string of the molecule is COc1cc(OC)cc(S(=O)(=O)N2CCC(N(C)CC(=O)O)CC2)c1. The molecular weight excluding hydrogens is 348 g/mol. The molecule has 1 aliphatic rings. The van der Waals surface area contributed by atoms with Gasteiger partial charge in [-0.2, -0.15) is 4.31 Å². The van der Waals surface area contributed by atoms with Gasteiger partial charge in [0.15, 0.2) is 0 Å².